The van der Waals surface area contributed by atoms with Crippen LogP contribution in [0.15, 0.2) is 33.9 Å². The molecule has 0 fully saturated rings. The molecule has 0 spiro atoms. The molecule has 0 aliphatic heterocycles. The van der Waals surface area contributed by atoms with Crippen LogP contribution < -0.4 is 16.6 Å². The van der Waals surface area contributed by atoms with Gasteiger partial charge in [-0.25, -0.2) is 4.79 Å². The van der Waals surface area contributed by atoms with Gasteiger partial charge in [0, 0.05) is 32.2 Å². The summed E-state index contributed by atoms with van der Waals surface area (Å²) < 4.78 is 4.33. The van der Waals surface area contributed by atoms with Gasteiger partial charge >= 0.3 is 5.69 Å². The first kappa shape index (κ1) is 21.1. The summed E-state index contributed by atoms with van der Waals surface area (Å²) in [7, 11) is 3.37. The summed E-state index contributed by atoms with van der Waals surface area (Å²) in [5.41, 5.74) is 1.00. The molecule has 8 nitrogen and oxygen atoms in total. The number of aliphatic hydroxyl groups excluding tert-OH is 1. The summed E-state index contributed by atoms with van der Waals surface area (Å²) in [6.07, 6.45) is 1.64. The average Bonchev–Trinajstić information content (AvgIpc) is 3.01. The molecule has 3 aromatic rings. The van der Waals surface area contributed by atoms with Crippen LogP contribution >= 0.6 is 11.6 Å². The fourth-order valence-corrected chi connectivity index (χ4v) is 3.42. The summed E-state index contributed by atoms with van der Waals surface area (Å²) in [6.45, 7) is 2.55. The third kappa shape index (κ3) is 4.54. The SMILES string of the molecule is CC(O)CCCCn1c(=O)c2c(nc(NCc3ccc(Cl)cc3)n2C)n(C)c1=O. The quantitative estimate of drug-likeness (QED) is 0.546. The van der Waals surface area contributed by atoms with Crippen molar-refractivity contribution in [2.45, 2.75) is 45.4 Å². The number of nitrogens with zero attached hydrogens (tertiary/aromatic N) is 4. The standard InChI is InChI=1S/C20H26ClN5O3/c1-13(27)6-4-5-11-26-18(28)16-17(25(3)20(26)29)23-19(24(16)2)22-12-14-7-9-15(21)10-8-14/h7-10,13,27H,4-6,11-12H2,1-3H3,(H,22,23). The van der Waals surface area contributed by atoms with E-state index in [0.29, 0.717) is 48.1 Å². The monoisotopic (exact) mass is 419 g/mol. The smallest absolute Gasteiger partial charge is 0.332 e. The highest BCUT2D eigenvalue weighted by molar-refractivity contribution is 6.30. The van der Waals surface area contributed by atoms with Crippen LogP contribution in [0.25, 0.3) is 11.2 Å². The Morgan fingerprint density at radius 3 is 2.48 bits per heavy atom. The van der Waals surface area contributed by atoms with Gasteiger partial charge in [0.2, 0.25) is 5.95 Å². The first-order chi connectivity index (χ1) is 13.8. The fourth-order valence-electron chi connectivity index (χ4n) is 3.29. The van der Waals surface area contributed by atoms with Crippen molar-refractivity contribution in [3.05, 3.63) is 55.7 Å². The van der Waals surface area contributed by atoms with Crippen LogP contribution in [-0.2, 0) is 27.2 Å². The van der Waals surface area contributed by atoms with Crippen LogP contribution in [0.4, 0.5) is 5.95 Å². The summed E-state index contributed by atoms with van der Waals surface area (Å²) in [5.74, 6) is 0.508. The zero-order valence-electron chi connectivity index (χ0n) is 16.9. The van der Waals surface area contributed by atoms with E-state index in [1.54, 1.807) is 25.6 Å². The van der Waals surface area contributed by atoms with E-state index >= 15 is 0 Å². The minimum Gasteiger partial charge on any atom is -0.393 e. The van der Waals surface area contributed by atoms with E-state index < -0.39 is 0 Å². The van der Waals surface area contributed by atoms with Gasteiger partial charge in [-0.2, -0.15) is 4.98 Å². The van der Waals surface area contributed by atoms with Crippen LogP contribution in [0.3, 0.4) is 0 Å². The van der Waals surface area contributed by atoms with Crippen LogP contribution in [0, 0.1) is 0 Å². The van der Waals surface area contributed by atoms with Gasteiger partial charge in [0.15, 0.2) is 11.2 Å². The molecular weight excluding hydrogens is 394 g/mol. The molecule has 0 radical (unpaired) electrons. The number of rotatable bonds is 8. The molecule has 29 heavy (non-hydrogen) atoms. The van der Waals surface area contributed by atoms with Crippen molar-refractivity contribution in [3.8, 4) is 0 Å². The highest BCUT2D eigenvalue weighted by Crippen LogP contribution is 2.16. The number of hydrogen-bond acceptors (Lipinski definition) is 5. The van der Waals surface area contributed by atoms with Crippen LogP contribution in [-0.4, -0.2) is 29.9 Å². The van der Waals surface area contributed by atoms with Gasteiger partial charge in [-0.1, -0.05) is 23.7 Å². The van der Waals surface area contributed by atoms with E-state index in [2.05, 4.69) is 10.3 Å². The van der Waals surface area contributed by atoms with Crippen LogP contribution in [0.2, 0.25) is 5.02 Å². The molecule has 1 atom stereocenters. The van der Waals surface area contributed by atoms with E-state index in [0.717, 1.165) is 12.0 Å². The maximum Gasteiger partial charge on any atom is 0.332 e. The first-order valence-electron chi connectivity index (χ1n) is 9.62. The predicted molar refractivity (Wildman–Crippen MR) is 115 cm³/mol. The van der Waals surface area contributed by atoms with Crippen molar-refractivity contribution in [2.24, 2.45) is 14.1 Å². The van der Waals surface area contributed by atoms with E-state index in [-0.39, 0.29) is 17.4 Å². The zero-order chi connectivity index (χ0) is 21.1. The molecule has 2 N–H and O–H groups in total. The topological polar surface area (TPSA) is 94.1 Å². The zero-order valence-corrected chi connectivity index (χ0v) is 17.6. The third-order valence-corrected chi connectivity index (χ3v) is 5.23. The van der Waals surface area contributed by atoms with Gasteiger partial charge < -0.3 is 15.0 Å². The molecule has 0 saturated carbocycles. The van der Waals surface area contributed by atoms with Crippen molar-refractivity contribution < 1.29 is 5.11 Å². The molecule has 0 bridgehead atoms. The summed E-state index contributed by atoms with van der Waals surface area (Å²) in [6, 6.07) is 7.45. The lowest BCUT2D eigenvalue weighted by atomic mass is 10.2. The molecule has 0 amide bonds. The number of aromatic nitrogens is 4. The van der Waals surface area contributed by atoms with E-state index in [1.807, 2.05) is 24.3 Å². The number of halogens is 1. The summed E-state index contributed by atoms with van der Waals surface area (Å²) in [4.78, 5) is 30.1. The average molecular weight is 420 g/mol. The van der Waals surface area contributed by atoms with Gasteiger partial charge in [0.05, 0.1) is 6.10 Å². The molecule has 156 valence electrons. The van der Waals surface area contributed by atoms with Gasteiger partial charge in [0.25, 0.3) is 5.56 Å². The van der Waals surface area contributed by atoms with Gasteiger partial charge in [-0.05, 0) is 43.9 Å². The van der Waals surface area contributed by atoms with Gasteiger partial charge in [0.1, 0.15) is 0 Å². The van der Waals surface area contributed by atoms with E-state index in [9.17, 15) is 14.7 Å². The third-order valence-electron chi connectivity index (χ3n) is 4.98. The van der Waals surface area contributed by atoms with E-state index in [4.69, 9.17) is 11.6 Å². The van der Waals surface area contributed by atoms with Crippen molar-refractivity contribution in [1.82, 2.24) is 18.7 Å². The van der Waals surface area contributed by atoms with Gasteiger partial charge in [-0.3, -0.25) is 13.9 Å². The summed E-state index contributed by atoms with van der Waals surface area (Å²) >= 11 is 5.91. The number of aryl methyl sites for hydroxylation is 2. The van der Waals surface area contributed by atoms with Crippen molar-refractivity contribution in [2.75, 3.05) is 5.32 Å². The second-order valence-corrected chi connectivity index (χ2v) is 7.73. The fraction of sp³-hybridized carbons (Fsp3) is 0.450. The summed E-state index contributed by atoms with van der Waals surface area (Å²) in [5, 5.41) is 13.3. The highest BCUT2D eigenvalue weighted by atomic mass is 35.5. The van der Waals surface area contributed by atoms with Crippen molar-refractivity contribution >= 4 is 28.7 Å². The Morgan fingerprint density at radius 1 is 1.14 bits per heavy atom. The molecule has 1 aromatic carbocycles. The Kier molecular flexibility index (Phi) is 6.44. The lowest BCUT2D eigenvalue weighted by Gasteiger charge is -2.09. The highest BCUT2D eigenvalue weighted by Gasteiger charge is 2.18. The Labute approximate surface area is 173 Å². The minimum absolute atomic E-state index is 0.312. The second kappa shape index (κ2) is 8.84. The molecular formula is C20H26ClN5O3. The Hall–Kier alpha value is -2.58. The molecule has 3 rings (SSSR count). The number of aliphatic hydroxyl groups is 1. The van der Waals surface area contributed by atoms with E-state index in [1.165, 1.54) is 9.13 Å². The molecule has 2 aromatic heterocycles. The Bertz CT molecular complexity index is 1110. The lowest BCUT2D eigenvalue weighted by molar-refractivity contribution is 0.180. The normalized spacial score (nSPS) is 12.4. The first-order valence-corrected chi connectivity index (χ1v) is 10.00. The number of imidazole rings is 1. The Balaban J connectivity index is 1.89. The lowest BCUT2D eigenvalue weighted by Crippen LogP contribution is -2.39. The minimum atomic E-state index is -0.387. The maximum absolute atomic E-state index is 13.0. The molecule has 0 saturated heterocycles. The van der Waals surface area contributed by atoms with Gasteiger partial charge in [-0.15, -0.1) is 0 Å². The van der Waals surface area contributed by atoms with Crippen molar-refractivity contribution in [3.63, 3.8) is 0 Å². The largest absolute Gasteiger partial charge is 0.393 e. The van der Waals surface area contributed by atoms with Crippen LogP contribution in [0.5, 0.6) is 0 Å². The number of unbranched alkanes of at least 4 members (excludes halogenated alkanes) is 1. The predicted octanol–water partition coefficient (Wildman–Crippen LogP) is 2.25. The molecule has 1 unspecified atom stereocenters. The van der Waals surface area contributed by atoms with Crippen LogP contribution in [0.1, 0.15) is 31.7 Å². The molecule has 9 heteroatoms. The molecule has 0 aliphatic rings. The maximum atomic E-state index is 13.0. The Morgan fingerprint density at radius 2 is 1.83 bits per heavy atom. The molecule has 0 aliphatic carbocycles. The number of anilines is 1. The number of fused-ring (bicyclic) bond motifs is 1. The number of hydrogen-bond donors (Lipinski definition) is 2. The number of nitrogens with one attached hydrogen (secondary N) is 1. The van der Waals surface area contributed by atoms with Crippen molar-refractivity contribution in [1.29, 1.82) is 0 Å². The molecule has 2 heterocycles. The second-order valence-electron chi connectivity index (χ2n) is 7.29. The number of benzene rings is 1.